The smallest absolute Gasteiger partial charge is 0.255 e. The molecule has 1 atom stereocenters. The molecule has 0 radical (unpaired) electrons. The summed E-state index contributed by atoms with van der Waals surface area (Å²) in [5.74, 6) is -0.751. The molecule has 0 bridgehead atoms. The molecular formula is C28H29N3O3. The van der Waals surface area contributed by atoms with Crippen LogP contribution in [-0.2, 0) is 16.1 Å². The lowest BCUT2D eigenvalue weighted by atomic mass is 10.1. The van der Waals surface area contributed by atoms with Crippen molar-refractivity contribution in [2.45, 2.75) is 33.7 Å². The van der Waals surface area contributed by atoms with Crippen LogP contribution < -0.4 is 15.5 Å². The molecule has 1 heterocycles. The highest BCUT2D eigenvalue weighted by molar-refractivity contribution is 6.04. The Morgan fingerprint density at radius 2 is 1.71 bits per heavy atom. The summed E-state index contributed by atoms with van der Waals surface area (Å²) < 4.78 is 0. The van der Waals surface area contributed by atoms with E-state index >= 15 is 0 Å². The molecule has 1 fully saturated rings. The maximum Gasteiger partial charge on any atom is 0.255 e. The number of hydrogen-bond acceptors (Lipinski definition) is 3. The van der Waals surface area contributed by atoms with E-state index in [4.69, 9.17) is 0 Å². The Kier molecular flexibility index (Phi) is 6.77. The Balaban J connectivity index is 1.35. The van der Waals surface area contributed by atoms with Crippen LogP contribution in [0.5, 0.6) is 0 Å². The SMILES string of the molecule is Cc1ccc(C(=O)Nc2cccc(CNC(=O)C3CC(=O)N(c4cccc(C)c4C)C3)c2)cc1. The van der Waals surface area contributed by atoms with Crippen molar-refractivity contribution in [2.24, 2.45) is 5.92 Å². The summed E-state index contributed by atoms with van der Waals surface area (Å²) in [4.78, 5) is 39.6. The average Bonchev–Trinajstić information content (AvgIpc) is 3.21. The van der Waals surface area contributed by atoms with Gasteiger partial charge >= 0.3 is 0 Å². The van der Waals surface area contributed by atoms with Crippen LogP contribution in [0.4, 0.5) is 11.4 Å². The molecule has 4 rings (SSSR count). The molecule has 3 aromatic carbocycles. The van der Waals surface area contributed by atoms with Crippen molar-refractivity contribution in [2.75, 3.05) is 16.8 Å². The molecule has 2 N–H and O–H groups in total. The van der Waals surface area contributed by atoms with Crippen LogP contribution in [0.2, 0.25) is 0 Å². The highest BCUT2D eigenvalue weighted by Gasteiger charge is 2.35. The van der Waals surface area contributed by atoms with Crippen LogP contribution in [0, 0.1) is 26.7 Å². The molecule has 0 aliphatic carbocycles. The second-order valence-corrected chi connectivity index (χ2v) is 8.86. The van der Waals surface area contributed by atoms with Crippen molar-refractivity contribution in [1.82, 2.24) is 5.32 Å². The minimum Gasteiger partial charge on any atom is -0.352 e. The second-order valence-electron chi connectivity index (χ2n) is 8.86. The Morgan fingerprint density at radius 3 is 2.47 bits per heavy atom. The average molecular weight is 456 g/mol. The van der Waals surface area contributed by atoms with Gasteiger partial charge in [-0.1, -0.05) is 42.0 Å². The number of carbonyl (C=O) groups excluding carboxylic acids is 3. The summed E-state index contributed by atoms with van der Waals surface area (Å²) in [5, 5.41) is 5.84. The summed E-state index contributed by atoms with van der Waals surface area (Å²) in [6.45, 7) is 6.68. The monoisotopic (exact) mass is 455 g/mol. The van der Waals surface area contributed by atoms with Gasteiger partial charge in [-0.2, -0.15) is 0 Å². The number of nitrogens with zero attached hydrogens (tertiary/aromatic N) is 1. The first-order valence-electron chi connectivity index (χ1n) is 11.4. The summed E-state index contributed by atoms with van der Waals surface area (Å²) in [6, 6.07) is 20.6. The zero-order chi connectivity index (χ0) is 24.2. The van der Waals surface area contributed by atoms with Crippen molar-refractivity contribution in [3.8, 4) is 0 Å². The van der Waals surface area contributed by atoms with Crippen LogP contribution in [0.1, 0.15) is 39.0 Å². The number of aryl methyl sites for hydroxylation is 2. The van der Waals surface area contributed by atoms with E-state index in [2.05, 4.69) is 10.6 Å². The van der Waals surface area contributed by atoms with E-state index in [9.17, 15) is 14.4 Å². The predicted molar refractivity (Wildman–Crippen MR) is 134 cm³/mol. The van der Waals surface area contributed by atoms with E-state index in [1.54, 1.807) is 17.0 Å². The molecular weight excluding hydrogens is 426 g/mol. The third-order valence-corrected chi connectivity index (χ3v) is 6.33. The topological polar surface area (TPSA) is 78.5 Å². The van der Waals surface area contributed by atoms with E-state index in [1.807, 2.05) is 75.4 Å². The zero-order valence-corrected chi connectivity index (χ0v) is 19.7. The summed E-state index contributed by atoms with van der Waals surface area (Å²) in [6.07, 6.45) is 0.200. The highest BCUT2D eigenvalue weighted by atomic mass is 16.2. The quantitative estimate of drug-likeness (QED) is 0.573. The lowest BCUT2D eigenvalue weighted by Gasteiger charge is -2.20. The maximum absolute atomic E-state index is 12.8. The molecule has 1 aliphatic rings. The molecule has 6 heteroatoms. The van der Waals surface area contributed by atoms with Gasteiger partial charge in [0.05, 0.1) is 5.92 Å². The molecule has 0 saturated carbocycles. The van der Waals surface area contributed by atoms with Gasteiger partial charge in [-0.25, -0.2) is 0 Å². The largest absolute Gasteiger partial charge is 0.352 e. The van der Waals surface area contributed by atoms with Gasteiger partial charge in [0.15, 0.2) is 0 Å². The predicted octanol–water partition coefficient (Wildman–Crippen LogP) is 4.53. The third-order valence-electron chi connectivity index (χ3n) is 6.33. The lowest BCUT2D eigenvalue weighted by Crippen LogP contribution is -2.32. The first-order chi connectivity index (χ1) is 16.3. The van der Waals surface area contributed by atoms with Crippen molar-refractivity contribution in [1.29, 1.82) is 0 Å². The van der Waals surface area contributed by atoms with Gasteiger partial charge in [0.25, 0.3) is 5.91 Å². The Bertz CT molecular complexity index is 1230. The van der Waals surface area contributed by atoms with Crippen LogP contribution in [0.15, 0.2) is 66.7 Å². The Labute approximate surface area is 200 Å². The number of benzene rings is 3. The molecule has 0 aromatic heterocycles. The number of hydrogen-bond donors (Lipinski definition) is 2. The van der Waals surface area contributed by atoms with Crippen LogP contribution in [0.25, 0.3) is 0 Å². The highest BCUT2D eigenvalue weighted by Crippen LogP contribution is 2.29. The minimum absolute atomic E-state index is 0.0327. The molecule has 0 spiro atoms. The van der Waals surface area contributed by atoms with Gasteiger partial charge < -0.3 is 15.5 Å². The van der Waals surface area contributed by atoms with E-state index < -0.39 is 5.92 Å². The van der Waals surface area contributed by atoms with Gasteiger partial charge in [0, 0.05) is 36.4 Å². The summed E-state index contributed by atoms with van der Waals surface area (Å²) >= 11 is 0. The molecule has 34 heavy (non-hydrogen) atoms. The van der Waals surface area contributed by atoms with Crippen molar-refractivity contribution >= 4 is 29.1 Å². The number of nitrogens with one attached hydrogen (secondary N) is 2. The lowest BCUT2D eigenvalue weighted by molar-refractivity contribution is -0.126. The Morgan fingerprint density at radius 1 is 0.971 bits per heavy atom. The van der Waals surface area contributed by atoms with E-state index in [1.165, 1.54) is 0 Å². The first-order valence-corrected chi connectivity index (χ1v) is 11.4. The van der Waals surface area contributed by atoms with Crippen molar-refractivity contribution in [3.63, 3.8) is 0 Å². The summed E-state index contributed by atoms with van der Waals surface area (Å²) in [7, 11) is 0. The van der Waals surface area contributed by atoms with Crippen LogP contribution in [-0.4, -0.2) is 24.3 Å². The van der Waals surface area contributed by atoms with E-state index in [0.717, 1.165) is 27.9 Å². The fraction of sp³-hybridized carbons (Fsp3) is 0.250. The van der Waals surface area contributed by atoms with Crippen LogP contribution in [0.3, 0.4) is 0 Å². The molecule has 174 valence electrons. The molecule has 1 saturated heterocycles. The number of anilines is 2. The molecule has 1 aliphatic heterocycles. The normalized spacial score (nSPS) is 15.3. The van der Waals surface area contributed by atoms with E-state index in [0.29, 0.717) is 24.3 Å². The van der Waals surface area contributed by atoms with Crippen molar-refractivity contribution in [3.05, 3.63) is 94.5 Å². The van der Waals surface area contributed by atoms with Gasteiger partial charge in [0.1, 0.15) is 0 Å². The fourth-order valence-corrected chi connectivity index (χ4v) is 4.14. The van der Waals surface area contributed by atoms with Gasteiger partial charge in [-0.05, 0) is 67.8 Å². The third kappa shape index (κ3) is 5.17. The fourth-order valence-electron chi connectivity index (χ4n) is 4.14. The number of carbonyl (C=O) groups is 3. The van der Waals surface area contributed by atoms with Gasteiger partial charge in [-0.3, -0.25) is 14.4 Å². The Hall–Kier alpha value is -3.93. The van der Waals surface area contributed by atoms with Crippen molar-refractivity contribution < 1.29 is 14.4 Å². The number of amides is 3. The maximum atomic E-state index is 12.8. The molecule has 3 aromatic rings. The standard InChI is InChI=1S/C28H29N3O3/c1-18-10-12-22(13-11-18)28(34)30-24-8-5-7-21(14-24)16-29-27(33)23-15-26(32)31(17-23)25-9-4-6-19(2)20(25)3/h4-14,23H,15-17H2,1-3H3,(H,29,33)(H,30,34). The second kappa shape index (κ2) is 9.91. The van der Waals surface area contributed by atoms with Crippen LogP contribution >= 0.6 is 0 Å². The van der Waals surface area contributed by atoms with E-state index in [-0.39, 0.29) is 24.1 Å². The minimum atomic E-state index is -0.392. The number of rotatable bonds is 6. The van der Waals surface area contributed by atoms with Gasteiger partial charge in [-0.15, -0.1) is 0 Å². The molecule has 1 unspecified atom stereocenters. The van der Waals surface area contributed by atoms with Gasteiger partial charge in [0.2, 0.25) is 11.8 Å². The summed E-state index contributed by atoms with van der Waals surface area (Å²) in [5.41, 5.74) is 6.26. The molecule has 6 nitrogen and oxygen atoms in total. The molecule has 3 amide bonds. The zero-order valence-electron chi connectivity index (χ0n) is 19.7. The first kappa shape index (κ1) is 23.2.